The second-order valence-corrected chi connectivity index (χ2v) is 7.08. The summed E-state index contributed by atoms with van der Waals surface area (Å²) >= 11 is 0. The molecule has 0 heterocycles. The zero-order chi connectivity index (χ0) is 17.4. The molecule has 0 aliphatic heterocycles. The third-order valence-corrected chi connectivity index (χ3v) is 5.29. The van der Waals surface area contributed by atoms with Gasteiger partial charge in [0.25, 0.3) is 0 Å². The van der Waals surface area contributed by atoms with Crippen LogP contribution in [-0.4, -0.2) is 17.7 Å². The van der Waals surface area contributed by atoms with Crippen molar-refractivity contribution in [2.45, 2.75) is 77.2 Å². The summed E-state index contributed by atoms with van der Waals surface area (Å²) in [5.41, 5.74) is 1.47. The molecule has 2 rings (SSSR count). The summed E-state index contributed by atoms with van der Waals surface area (Å²) in [7, 11) is 0. The highest BCUT2D eigenvalue weighted by molar-refractivity contribution is 5.72. The van der Waals surface area contributed by atoms with Gasteiger partial charge in [0.2, 0.25) is 0 Å². The number of benzene rings is 1. The van der Waals surface area contributed by atoms with Crippen LogP contribution in [0.4, 0.5) is 0 Å². The number of rotatable bonds is 8. The average Bonchev–Trinajstić information content (AvgIpc) is 2.62. The molecular weight excluding hydrogens is 300 g/mol. The largest absolute Gasteiger partial charge is 0.465 e. The smallest absolute Gasteiger partial charge is 0.308 e. The van der Waals surface area contributed by atoms with Gasteiger partial charge >= 0.3 is 5.97 Å². The maximum Gasteiger partial charge on any atom is 0.308 e. The lowest BCUT2D eigenvalue weighted by molar-refractivity contribution is -0.152. The van der Waals surface area contributed by atoms with Gasteiger partial charge in [-0.2, -0.15) is 0 Å². The second-order valence-electron chi connectivity index (χ2n) is 7.08. The Morgan fingerprint density at radius 3 is 2.38 bits per heavy atom. The lowest BCUT2D eigenvalue weighted by Crippen LogP contribution is -2.34. The van der Waals surface area contributed by atoms with Crippen molar-refractivity contribution in [2.75, 3.05) is 6.61 Å². The van der Waals surface area contributed by atoms with Crippen LogP contribution in [0.25, 0.3) is 0 Å². The number of ether oxygens (including phenoxy) is 1. The number of aryl methyl sites for hydroxylation is 1. The molecule has 1 fully saturated rings. The van der Waals surface area contributed by atoms with Gasteiger partial charge in [-0.15, -0.1) is 0 Å². The molecule has 0 spiro atoms. The maximum absolute atomic E-state index is 12.2. The van der Waals surface area contributed by atoms with E-state index in [-0.39, 0.29) is 11.9 Å². The number of carbonyl (C=O) groups excluding carboxylic acids is 1. The summed E-state index contributed by atoms with van der Waals surface area (Å²) in [4.78, 5) is 12.2. The van der Waals surface area contributed by atoms with E-state index in [1.807, 2.05) is 12.1 Å². The van der Waals surface area contributed by atoms with Crippen molar-refractivity contribution in [1.82, 2.24) is 0 Å². The SMILES string of the molecule is CCCCCCOC(=O)C1CCC(O)(c2ccc(CC)cc2)CC1. The molecule has 0 saturated heterocycles. The molecule has 1 aliphatic rings. The Bertz CT molecular complexity index is 498. The Kier molecular flexibility index (Phi) is 7.29. The van der Waals surface area contributed by atoms with Crippen LogP contribution in [0.5, 0.6) is 0 Å². The number of hydrogen-bond donors (Lipinski definition) is 1. The van der Waals surface area contributed by atoms with Crippen LogP contribution in [-0.2, 0) is 21.6 Å². The summed E-state index contributed by atoms with van der Waals surface area (Å²) in [5, 5.41) is 10.9. The molecule has 0 amide bonds. The highest BCUT2D eigenvalue weighted by Crippen LogP contribution is 2.40. The molecule has 0 bridgehead atoms. The molecule has 24 heavy (non-hydrogen) atoms. The highest BCUT2D eigenvalue weighted by Gasteiger charge is 2.37. The number of unbranched alkanes of at least 4 members (excludes halogenated alkanes) is 3. The normalized spacial score (nSPS) is 23.9. The Morgan fingerprint density at radius 1 is 1.12 bits per heavy atom. The van der Waals surface area contributed by atoms with E-state index in [2.05, 4.69) is 26.0 Å². The Labute approximate surface area is 146 Å². The van der Waals surface area contributed by atoms with Gasteiger partial charge in [-0.1, -0.05) is 57.4 Å². The second kappa shape index (κ2) is 9.22. The van der Waals surface area contributed by atoms with Crippen molar-refractivity contribution in [2.24, 2.45) is 5.92 Å². The van der Waals surface area contributed by atoms with Crippen LogP contribution < -0.4 is 0 Å². The molecule has 3 nitrogen and oxygen atoms in total. The summed E-state index contributed by atoms with van der Waals surface area (Å²) in [6.07, 6.45) is 8.16. The summed E-state index contributed by atoms with van der Waals surface area (Å²) < 4.78 is 5.41. The maximum atomic E-state index is 12.2. The molecule has 0 atom stereocenters. The molecule has 0 aromatic heterocycles. The van der Waals surface area contributed by atoms with Crippen molar-refractivity contribution in [1.29, 1.82) is 0 Å². The quantitative estimate of drug-likeness (QED) is 0.552. The van der Waals surface area contributed by atoms with Gasteiger partial charge in [0.05, 0.1) is 18.1 Å². The first-order chi connectivity index (χ1) is 11.6. The first kappa shape index (κ1) is 19.0. The molecule has 1 aliphatic carbocycles. The van der Waals surface area contributed by atoms with Gasteiger partial charge in [0, 0.05) is 0 Å². The molecule has 1 aromatic rings. The lowest BCUT2D eigenvalue weighted by Gasteiger charge is -2.35. The molecule has 3 heteroatoms. The third-order valence-electron chi connectivity index (χ3n) is 5.29. The average molecular weight is 332 g/mol. The van der Waals surface area contributed by atoms with Crippen LogP contribution in [0, 0.1) is 5.92 Å². The fraction of sp³-hybridized carbons (Fsp3) is 0.667. The van der Waals surface area contributed by atoms with Crippen LogP contribution in [0.3, 0.4) is 0 Å². The van der Waals surface area contributed by atoms with Crippen molar-refractivity contribution < 1.29 is 14.6 Å². The van der Waals surface area contributed by atoms with Crippen LogP contribution in [0.1, 0.15) is 76.3 Å². The zero-order valence-electron chi connectivity index (χ0n) is 15.2. The van der Waals surface area contributed by atoms with Gasteiger partial charge in [-0.05, 0) is 49.7 Å². The van der Waals surface area contributed by atoms with Crippen molar-refractivity contribution in [3.8, 4) is 0 Å². The molecule has 1 saturated carbocycles. The van der Waals surface area contributed by atoms with Crippen molar-refractivity contribution in [3.05, 3.63) is 35.4 Å². The van der Waals surface area contributed by atoms with E-state index < -0.39 is 5.60 Å². The van der Waals surface area contributed by atoms with E-state index in [0.29, 0.717) is 32.3 Å². The predicted octanol–water partition coefficient (Wildman–Crippen LogP) is 4.75. The first-order valence-electron chi connectivity index (χ1n) is 9.57. The molecule has 1 N–H and O–H groups in total. The van der Waals surface area contributed by atoms with E-state index in [1.165, 1.54) is 18.4 Å². The fourth-order valence-electron chi connectivity index (χ4n) is 3.49. The Morgan fingerprint density at radius 2 is 1.79 bits per heavy atom. The van der Waals surface area contributed by atoms with E-state index >= 15 is 0 Å². The fourth-order valence-corrected chi connectivity index (χ4v) is 3.49. The number of hydrogen-bond acceptors (Lipinski definition) is 3. The zero-order valence-corrected chi connectivity index (χ0v) is 15.2. The van der Waals surface area contributed by atoms with Gasteiger partial charge in [0.1, 0.15) is 0 Å². The summed E-state index contributed by atoms with van der Waals surface area (Å²) in [6.45, 7) is 4.84. The number of aliphatic hydroxyl groups is 1. The minimum atomic E-state index is -0.788. The topological polar surface area (TPSA) is 46.5 Å². The summed E-state index contributed by atoms with van der Waals surface area (Å²) in [5.74, 6) is -0.124. The van der Waals surface area contributed by atoms with E-state index in [0.717, 1.165) is 24.8 Å². The third kappa shape index (κ3) is 5.07. The number of carbonyl (C=O) groups is 1. The minimum Gasteiger partial charge on any atom is -0.465 e. The van der Waals surface area contributed by atoms with Crippen LogP contribution in [0.15, 0.2) is 24.3 Å². The highest BCUT2D eigenvalue weighted by atomic mass is 16.5. The first-order valence-corrected chi connectivity index (χ1v) is 9.57. The van der Waals surface area contributed by atoms with Crippen LogP contribution in [0.2, 0.25) is 0 Å². The Hall–Kier alpha value is -1.35. The van der Waals surface area contributed by atoms with E-state index in [4.69, 9.17) is 4.74 Å². The molecular formula is C21H32O3. The molecule has 0 unspecified atom stereocenters. The minimum absolute atomic E-state index is 0.0497. The molecule has 1 aromatic carbocycles. The molecule has 134 valence electrons. The number of esters is 1. The summed E-state index contributed by atoms with van der Waals surface area (Å²) in [6, 6.07) is 8.24. The molecule has 0 radical (unpaired) electrons. The van der Waals surface area contributed by atoms with Gasteiger partial charge in [0.15, 0.2) is 0 Å². The van der Waals surface area contributed by atoms with Crippen LogP contribution >= 0.6 is 0 Å². The standard InChI is InChI=1S/C21H32O3/c1-3-5-6-7-16-24-20(22)18-12-14-21(23,15-13-18)19-10-8-17(4-2)9-11-19/h8-11,18,23H,3-7,12-16H2,1-2H3. The van der Waals surface area contributed by atoms with Gasteiger partial charge in [-0.25, -0.2) is 0 Å². The monoisotopic (exact) mass is 332 g/mol. The van der Waals surface area contributed by atoms with Gasteiger partial charge in [-0.3, -0.25) is 4.79 Å². The lowest BCUT2D eigenvalue weighted by atomic mass is 9.75. The van der Waals surface area contributed by atoms with E-state index in [1.54, 1.807) is 0 Å². The van der Waals surface area contributed by atoms with Crippen molar-refractivity contribution in [3.63, 3.8) is 0 Å². The predicted molar refractivity (Wildman–Crippen MR) is 96.8 cm³/mol. The van der Waals surface area contributed by atoms with E-state index in [9.17, 15) is 9.90 Å². The van der Waals surface area contributed by atoms with Crippen molar-refractivity contribution >= 4 is 5.97 Å². The Balaban J connectivity index is 1.80. The van der Waals surface area contributed by atoms with Gasteiger partial charge < -0.3 is 9.84 Å².